The van der Waals surface area contributed by atoms with Gasteiger partial charge in [0.1, 0.15) is 23.1 Å². The minimum Gasteiger partial charge on any atom is -0.489 e. The summed E-state index contributed by atoms with van der Waals surface area (Å²) in [7, 11) is 0. The quantitative estimate of drug-likeness (QED) is 0.460. The number of nitrogens with zero attached hydrogens (tertiary/aromatic N) is 2. The van der Waals surface area contributed by atoms with E-state index in [4.69, 9.17) is 4.74 Å². The van der Waals surface area contributed by atoms with Crippen molar-refractivity contribution in [1.82, 2.24) is 15.3 Å². The van der Waals surface area contributed by atoms with E-state index in [1.807, 2.05) is 42.5 Å². The van der Waals surface area contributed by atoms with Crippen LogP contribution in [0.25, 0.3) is 10.6 Å². The van der Waals surface area contributed by atoms with Gasteiger partial charge in [0.05, 0.1) is 0 Å². The van der Waals surface area contributed by atoms with E-state index in [9.17, 15) is 4.79 Å². The lowest BCUT2D eigenvalue weighted by atomic mass is 10.1. The molecule has 2 heterocycles. The zero-order valence-electron chi connectivity index (χ0n) is 16.5. The van der Waals surface area contributed by atoms with Gasteiger partial charge in [0.15, 0.2) is 0 Å². The van der Waals surface area contributed by atoms with Gasteiger partial charge in [-0.15, -0.1) is 11.3 Å². The number of benzene rings is 2. The Morgan fingerprint density at radius 2 is 1.90 bits per heavy atom. The summed E-state index contributed by atoms with van der Waals surface area (Å²) in [4.78, 5) is 20.9. The summed E-state index contributed by atoms with van der Waals surface area (Å²) >= 11 is 1.45. The van der Waals surface area contributed by atoms with Crippen molar-refractivity contribution in [2.24, 2.45) is 0 Å². The first-order chi connectivity index (χ1) is 14.7. The number of nitrogens with one attached hydrogen (secondary N) is 1. The maximum Gasteiger partial charge on any atom is 0.271 e. The van der Waals surface area contributed by atoms with E-state index in [1.54, 1.807) is 17.8 Å². The molecule has 30 heavy (non-hydrogen) atoms. The van der Waals surface area contributed by atoms with Gasteiger partial charge >= 0.3 is 0 Å². The highest BCUT2D eigenvalue weighted by atomic mass is 32.1. The Balaban J connectivity index is 1.35. The second-order valence-electron chi connectivity index (χ2n) is 6.88. The molecule has 4 aromatic rings. The molecule has 0 fully saturated rings. The number of amides is 1. The average Bonchev–Trinajstić information content (AvgIpc) is 3.28. The van der Waals surface area contributed by atoms with Crippen molar-refractivity contribution < 1.29 is 9.53 Å². The van der Waals surface area contributed by atoms with Crippen molar-refractivity contribution in [2.75, 3.05) is 0 Å². The number of rotatable bonds is 7. The van der Waals surface area contributed by atoms with Crippen molar-refractivity contribution in [3.05, 3.63) is 101 Å². The summed E-state index contributed by atoms with van der Waals surface area (Å²) in [6.07, 6.45) is 3.44. The van der Waals surface area contributed by atoms with Crippen LogP contribution in [0, 0.1) is 6.92 Å². The number of carbonyl (C=O) groups is 1. The Bertz CT molecular complexity index is 1120. The van der Waals surface area contributed by atoms with E-state index >= 15 is 0 Å². The number of ether oxygens (including phenoxy) is 1. The van der Waals surface area contributed by atoms with E-state index in [2.05, 4.69) is 40.4 Å². The summed E-state index contributed by atoms with van der Waals surface area (Å²) in [5, 5.41) is 5.44. The highest BCUT2D eigenvalue weighted by molar-refractivity contribution is 7.13. The average molecular weight is 416 g/mol. The molecule has 5 nitrogen and oxygen atoms in total. The molecule has 0 spiro atoms. The van der Waals surface area contributed by atoms with Gasteiger partial charge < -0.3 is 10.1 Å². The summed E-state index contributed by atoms with van der Waals surface area (Å²) in [6, 6.07) is 19.8. The highest BCUT2D eigenvalue weighted by Crippen LogP contribution is 2.26. The van der Waals surface area contributed by atoms with Crippen LogP contribution >= 0.6 is 11.3 Å². The molecule has 2 aromatic heterocycles. The van der Waals surface area contributed by atoms with Crippen LogP contribution in [0.2, 0.25) is 0 Å². The van der Waals surface area contributed by atoms with Gasteiger partial charge in [-0.05, 0) is 48.4 Å². The molecule has 0 saturated heterocycles. The zero-order valence-corrected chi connectivity index (χ0v) is 17.4. The van der Waals surface area contributed by atoms with Crippen LogP contribution in [0.1, 0.15) is 27.2 Å². The third kappa shape index (κ3) is 5.10. The Hall–Kier alpha value is -3.51. The van der Waals surface area contributed by atoms with Crippen LogP contribution in [0.15, 0.2) is 78.4 Å². The molecule has 150 valence electrons. The van der Waals surface area contributed by atoms with Crippen molar-refractivity contribution in [3.8, 4) is 16.3 Å². The van der Waals surface area contributed by atoms with Gasteiger partial charge in [0.25, 0.3) is 5.91 Å². The fourth-order valence-corrected chi connectivity index (χ4v) is 3.75. The van der Waals surface area contributed by atoms with Crippen LogP contribution in [0.5, 0.6) is 5.75 Å². The molecule has 6 heteroatoms. The lowest BCUT2D eigenvalue weighted by Gasteiger charge is -2.07. The van der Waals surface area contributed by atoms with Crippen molar-refractivity contribution in [3.63, 3.8) is 0 Å². The van der Waals surface area contributed by atoms with E-state index < -0.39 is 0 Å². The highest BCUT2D eigenvalue weighted by Gasteiger charge is 2.12. The fourth-order valence-electron chi connectivity index (χ4n) is 2.95. The Kier molecular flexibility index (Phi) is 6.15. The van der Waals surface area contributed by atoms with Crippen molar-refractivity contribution in [2.45, 2.75) is 20.1 Å². The summed E-state index contributed by atoms with van der Waals surface area (Å²) < 4.78 is 5.87. The summed E-state index contributed by atoms with van der Waals surface area (Å²) in [5.41, 5.74) is 4.67. The predicted molar refractivity (Wildman–Crippen MR) is 118 cm³/mol. The lowest BCUT2D eigenvalue weighted by molar-refractivity contribution is 0.0946. The lowest BCUT2D eigenvalue weighted by Crippen LogP contribution is -2.23. The Morgan fingerprint density at radius 3 is 2.67 bits per heavy atom. The molecule has 4 rings (SSSR count). The topological polar surface area (TPSA) is 64.1 Å². The minimum absolute atomic E-state index is 0.195. The largest absolute Gasteiger partial charge is 0.489 e. The van der Waals surface area contributed by atoms with Gasteiger partial charge in [-0.25, -0.2) is 4.98 Å². The molecule has 0 atom stereocenters. The van der Waals surface area contributed by atoms with Gasteiger partial charge in [-0.2, -0.15) is 0 Å². The number of aryl methyl sites for hydroxylation is 1. The standard InChI is InChI=1S/C24H21N3O2S/c1-17-4-2-5-18(12-17)15-29-21-9-7-20(8-10-21)24-27-22(16-30-24)23(28)26-14-19-6-3-11-25-13-19/h2-13,16H,14-15H2,1H3,(H,26,28). The Morgan fingerprint density at radius 1 is 1.07 bits per heavy atom. The smallest absolute Gasteiger partial charge is 0.271 e. The molecule has 0 unspecified atom stereocenters. The van der Waals surface area contributed by atoms with Gasteiger partial charge in [-0.1, -0.05) is 35.9 Å². The molecular formula is C24H21N3O2S. The maximum atomic E-state index is 12.4. The summed E-state index contributed by atoms with van der Waals surface area (Å²) in [6.45, 7) is 3.02. The fraction of sp³-hybridized carbons (Fsp3) is 0.125. The Labute approximate surface area is 179 Å². The normalized spacial score (nSPS) is 10.6. The SMILES string of the molecule is Cc1cccc(COc2ccc(-c3nc(C(=O)NCc4cccnc4)cs3)cc2)c1. The monoisotopic (exact) mass is 415 g/mol. The minimum atomic E-state index is -0.195. The maximum absolute atomic E-state index is 12.4. The number of pyridine rings is 1. The molecule has 0 aliphatic carbocycles. The van der Waals surface area contributed by atoms with Crippen molar-refractivity contribution in [1.29, 1.82) is 0 Å². The van der Waals surface area contributed by atoms with E-state index in [0.717, 1.165) is 27.4 Å². The first-order valence-electron chi connectivity index (χ1n) is 9.59. The summed E-state index contributed by atoms with van der Waals surface area (Å²) in [5.74, 6) is 0.603. The number of aromatic nitrogens is 2. The van der Waals surface area contributed by atoms with Gasteiger partial charge in [0, 0.05) is 29.9 Å². The third-order valence-electron chi connectivity index (χ3n) is 4.50. The molecule has 1 N–H and O–H groups in total. The van der Waals surface area contributed by atoms with Crippen LogP contribution in [-0.2, 0) is 13.2 Å². The number of carbonyl (C=O) groups excluding carboxylic acids is 1. The molecule has 1 amide bonds. The predicted octanol–water partition coefficient (Wildman–Crippen LogP) is 5.02. The molecule has 0 radical (unpaired) electrons. The van der Waals surface area contributed by atoms with Crippen LogP contribution in [-0.4, -0.2) is 15.9 Å². The number of thiazole rings is 1. The van der Waals surface area contributed by atoms with Gasteiger partial charge in [-0.3, -0.25) is 9.78 Å². The molecule has 0 bridgehead atoms. The van der Waals surface area contributed by atoms with Crippen molar-refractivity contribution >= 4 is 17.2 Å². The molecular weight excluding hydrogens is 394 g/mol. The molecule has 2 aromatic carbocycles. The number of hydrogen-bond acceptors (Lipinski definition) is 5. The van der Waals surface area contributed by atoms with E-state index in [-0.39, 0.29) is 5.91 Å². The zero-order chi connectivity index (χ0) is 20.8. The van der Waals surface area contributed by atoms with Crippen LogP contribution in [0.4, 0.5) is 0 Å². The van der Waals surface area contributed by atoms with E-state index in [1.165, 1.54) is 16.9 Å². The first kappa shape index (κ1) is 19.8. The first-order valence-corrected chi connectivity index (χ1v) is 10.5. The van der Waals surface area contributed by atoms with E-state index in [0.29, 0.717) is 18.8 Å². The van der Waals surface area contributed by atoms with Crippen LogP contribution in [0.3, 0.4) is 0 Å². The second kappa shape index (κ2) is 9.33. The second-order valence-corrected chi connectivity index (χ2v) is 7.74. The van der Waals surface area contributed by atoms with Crippen LogP contribution < -0.4 is 10.1 Å². The van der Waals surface area contributed by atoms with Gasteiger partial charge in [0.2, 0.25) is 0 Å². The number of hydrogen-bond donors (Lipinski definition) is 1. The molecule has 0 aliphatic heterocycles. The third-order valence-corrected chi connectivity index (χ3v) is 5.39. The molecule has 0 saturated carbocycles. The molecule has 0 aliphatic rings.